The number of rotatable bonds is 7. The van der Waals surface area contributed by atoms with Crippen molar-refractivity contribution in [3.63, 3.8) is 0 Å². The van der Waals surface area contributed by atoms with E-state index in [2.05, 4.69) is 15.5 Å². The van der Waals surface area contributed by atoms with Gasteiger partial charge in [0.15, 0.2) is 0 Å². The van der Waals surface area contributed by atoms with Crippen molar-refractivity contribution in [2.24, 2.45) is 5.92 Å². The number of nitrogens with one attached hydrogen (secondary N) is 1. The van der Waals surface area contributed by atoms with Crippen molar-refractivity contribution >= 4 is 21.6 Å². The average Bonchev–Trinajstić information content (AvgIpc) is 3.27. The van der Waals surface area contributed by atoms with Crippen LogP contribution in [0.2, 0.25) is 0 Å². The molecule has 2 aromatic carbocycles. The summed E-state index contributed by atoms with van der Waals surface area (Å²) in [5.41, 5.74) is 1.74. The van der Waals surface area contributed by atoms with E-state index in [1.165, 1.54) is 4.31 Å². The Balaban J connectivity index is 1.54. The van der Waals surface area contributed by atoms with Gasteiger partial charge in [0.2, 0.25) is 27.6 Å². The van der Waals surface area contributed by atoms with Crippen LogP contribution in [-0.4, -0.2) is 48.5 Å². The third kappa shape index (κ3) is 4.97. The van der Waals surface area contributed by atoms with Gasteiger partial charge in [-0.25, -0.2) is 8.42 Å². The van der Waals surface area contributed by atoms with Crippen LogP contribution in [0, 0.1) is 19.8 Å². The zero-order valence-corrected chi connectivity index (χ0v) is 20.3. The SMILES string of the molecule is CCOc1ccccc1NC(=O)[C@@H]1CCCN(S(=O)(=O)c2cc(-c3noc(C)n3)ccc2C)C1. The molecule has 34 heavy (non-hydrogen) atoms. The summed E-state index contributed by atoms with van der Waals surface area (Å²) in [5, 5.41) is 6.80. The van der Waals surface area contributed by atoms with E-state index in [4.69, 9.17) is 9.26 Å². The van der Waals surface area contributed by atoms with Crippen molar-refractivity contribution in [1.29, 1.82) is 0 Å². The highest BCUT2D eigenvalue weighted by atomic mass is 32.2. The molecule has 0 unspecified atom stereocenters. The Kier molecular flexibility index (Phi) is 6.99. The Hall–Kier alpha value is -3.24. The van der Waals surface area contributed by atoms with Gasteiger partial charge in [0, 0.05) is 25.6 Å². The summed E-state index contributed by atoms with van der Waals surface area (Å²) in [4.78, 5) is 17.4. The van der Waals surface area contributed by atoms with Crippen LogP contribution < -0.4 is 10.1 Å². The lowest BCUT2D eigenvalue weighted by atomic mass is 9.98. The first-order valence-electron chi connectivity index (χ1n) is 11.2. The number of hydrogen-bond donors (Lipinski definition) is 1. The van der Waals surface area contributed by atoms with Gasteiger partial charge in [-0.2, -0.15) is 9.29 Å². The van der Waals surface area contributed by atoms with E-state index >= 15 is 0 Å². The molecule has 1 atom stereocenters. The number of piperidine rings is 1. The van der Waals surface area contributed by atoms with Crippen LogP contribution in [0.5, 0.6) is 5.75 Å². The molecule has 0 aliphatic carbocycles. The lowest BCUT2D eigenvalue weighted by Crippen LogP contribution is -2.43. The van der Waals surface area contributed by atoms with Crippen molar-refractivity contribution in [2.45, 2.75) is 38.5 Å². The van der Waals surface area contributed by atoms with Crippen molar-refractivity contribution in [1.82, 2.24) is 14.4 Å². The number of aromatic nitrogens is 2. The van der Waals surface area contributed by atoms with Crippen molar-refractivity contribution in [3.05, 3.63) is 53.9 Å². The zero-order valence-electron chi connectivity index (χ0n) is 19.4. The van der Waals surface area contributed by atoms with Crippen LogP contribution in [0.25, 0.3) is 11.4 Å². The fraction of sp³-hybridized carbons (Fsp3) is 0.375. The van der Waals surface area contributed by atoms with Gasteiger partial charge in [0.25, 0.3) is 0 Å². The summed E-state index contributed by atoms with van der Waals surface area (Å²) in [6.45, 7) is 6.23. The third-order valence-corrected chi connectivity index (χ3v) is 7.80. The lowest BCUT2D eigenvalue weighted by Gasteiger charge is -2.31. The van der Waals surface area contributed by atoms with E-state index in [1.54, 1.807) is 44.2 Å². The fourth-order valence-corrected chi connectivity index (χ4v) is 5.81. The fourth-order valence-electron chi connectivity index (χ4n) is 4.03. The van der Waals surface area contributed by atoms with Crippen molar-refractivity contribution in [3.8, 4) is 17.1 Å². The summed E-state index contributed by atoms with van der Waals surface area (Å²) < 4.78 is 39.1. The lowest BCUT2D eigenvalue weighted by molar-refractivity contribution is -0.120. The highest BCUT2D eigenvalue weighted by molar-refractivity contribution is 7.89. The summed E-state index contributed by atoms with van der Waals surface area (Å²) in [6, 6.07) is 12.3. The number of carbonyl (C=O) groups excluding carboxylic acids is 1. The first kappa shape index (κ1) is 23.9. The molecule has 1 fully saturated rings. The molecule has 4 rings (SSSR count). The molecule has 0 bridgehead atoms. The molecule has 0 spiro atoms. The second-order valence-corrected chi connectivity index (χ2v) is 10.1. The summed E-state index contributed by atoms with van der Waals surface area (Å²) >= 11 is 0. The second-order valence-electron chi connectivity index (χ2n) is 8.24. The van der Waals surface area contributed by atoms with Gasteiger partial charge in [-0.15, -0.1) is 0 Å². The van der Waals surface area contributed by atoms with E-state index in [0.29, 0.717) is 60.3 Å². The molecule has 0 radical (unpaired) electrons. The number of para-hydroxylation sites is 2. The number of aryl methyl sites for hydroxylation is 2. The number of benzene rings is 2. The van der Waals surface area contributed by atoms with Gasteiger partial charge < -0.3 is 14.6 Å². The average molecular weight is 485 g/mol. The Morgan fingerprint density at radius 3 is 2.76 bits per heavy atom. The third-order valence-electron chi connectivity index (χ3n) is 5.79. The molecule has 9 nitrogen and oxygen atoms in total. The van der Waals surface area contributed by atoms with E-state index in [0.717, 1.165) is 0 Å². The molecule has 1 N–H and O–H groups in total. The number of carbonyl (C=O) groups is 1. The largest absolute Gasteiger partial charge is 0.492 e. The van der Waals surface area contributed by atoms with E-state index in [-0.39, 0.29) is 17.3 Å². The number of hydrogen-bond acceptors (Lipinski definition) is 7. The summed E-state index contributed by atoms with van der Waals surface area (Å²) in [5.74, 6) is 0.623. The Morgan fingerprint density at radius 1 is 1.24 bits per heavy atom. The maximum atomic E-state index is 13.6. The van der Waals surface area contributed by atoms with Crippen LogP contribution in [0.1, 0.15) is 31.2 Å². The summed E-state index contributed by atoms with van der Waals surface area (Å²) in [6.07, 6.45) is 1.20. The molecule has 2 heterocycles. The minimum Gasteiger partial charge on any atom is -0.492 e. The predicted octanol–water partition coefficient (Wildman–Crippen LogP) is 3.79. The molecule has 180 valence electrons. The standard InChI is InChI=1S/C24H28N4O5S/c1-4-32-21-10-6-5-9-20(21)26-24(29)19-8-7-13-28(15-19)34(30,31)22-14-18(12-11-16(22)2)23-25-17(3)33-27-23/h5-6,9-12,14,19H,4,7-8,13,15H2,1-3H3,(H,26,29)/t19-/m1/s1. The molecular weight excluding hydrogens is 456 g/mol. The number of anilines is 1. The predicted molar refractivity (Wildman–Crippen MR) is 127 cm³/mol. The zero-order chi connectivity index (χ0) is 24.3. The molecule has 1 aromatic heterocycles. The van der Waals surface area contributed by atoms with Gasteiger partial charge >= 0.3 is 0 Å². The molecule has 0 saturated carbocycles. The monoisotopic (exact) mass is 484 g/mol. The van der Waals surface area contributed by atoms with Crippen LogP contribution in [0.15, 0.2) is 51.9 Å². The van der Waals surface area contributed by atoms with Gasteiger partial charge in [0.05, 0.1) is 23.1 Å². The minimum atomic E-state index is -3.83. The molecular formula is C24H28N4O5S. The molecule has 1 saturated heterocycles. The van der Waals surface area contributed by atoms with Crippen molar-refractivity contribution in [2.75, 3.05) is 25.0 Å². The quantitative estimate of drug-likeness (QED) is 0.542. The van der Waals surface area contributed by atoms with Crippen LogP contribution in [0.3, 0.4) is 0 Å². The van der Waals surface area contributed by atoms with Gasteiger partial charge in [-0.05, 0) is 50.5 Å². The Labute approximate surface area is 199 Å². The number of ether oxygens (including phenoxy) is 1. The number of nitrogens with zero attached hydrogens (tertiary/aromatic N) is 3. The van der Waals surface area contributed by atoms with Gasteiger partial charge in [-0.3, -0.25) is 4.79 Å². The highest BCUT2D eigenvalue weighted by Gasteiger charge is 2.34. The molecule has 1 amide bonds. The van der Waals surface area contributed by atoms with Gasteiger partial charge in [0.1, 0.15) is 5.75 Å². The molecule has 1 aliphatic rings. The minimum absolute atomic E-state index is 0.107. The maximum absolute atomic E-state index is 13.6. The second kappa shape index (κ2) is 9.94. The van der Waals surface area contributed by atoms with Crippen LogP contribution >= 0.6 is 0 Å². The van der Waals surface area contributed by atoms with E-state index in [9.17, 15) is 13.2 Å². The number of amides is 1. The normalized spacial score (nSPS) is 16.9. The van der Waals surface area contributed by atoms with E-state index in [1.807, 2.05) is 19.1 Å². The van der Waals surface area contributed by atoms with Crippen LogP contribution in [-0.2, 0) is 14.8 Å². The number of sulfonamides is 1. The molecule has 3 aromatic rings. The molecule has 10 heteroatoms. The van der Waals surface area contributed by atoms with Crippen molar-refractivity contribution < 1.29 is 22.5 Å². The van der Waals surface area contributed by atoms with Gasteiger partial charge in [-0.1, -0.05) is 29.4 Å². The first-order valence-corrected chi connectivity index (χ1v) is 12.7. The first-order chi connectivity index (χ1) is 16.3. The molecule has 1 aliphatic heterocycles. The highest BCUT2D eigenvalue weighted by Crippen LogP contribution is 2.30. The topological polar surface area (TPSA) is 115 Å². The van der Waals surface area contributed by atoms with E-state index < -0.39 is 15.9 Å². The maximum Gasteiger partial charge on any atom is 0.243 e. The Morgan fingerprint density at radius 2 is 2.03 bits per heavy atom. The summed E-state index contributed by atoms with van der Waals surface area (Å²) in [7, 11) is -3.83. The van der Waals surface area contributed by atoms with Crippen LogP contribution in [0.4, 0.5) is 5.69 Å². The smallest absolute Gasteiger partial charge is 0.243 e. The Bertz CT molecular complexity index is 1290.